The minimum absolute atomic E-state index is 0.0444. The molecule has 0 amide bonds. The smallest absolute Gasteiger partial charge is 0.303 e. The highest BCUT2D eigenvalue weighted by atomic mass is 32.2. The number of aliphatic carboxylic acids is 1. The number of hydrogen-bond acceptors (Lipinski definition) is 3. The van der Waals surface area contributed by atoms with Crippen molar-refractivity contribution in [3.8, 4) is 0 Å². The fourth-order valence-electron chi connectivity index (χ4n) is 1.79. The van der Waals surface area contributed by atoms with E-state index in [1.165, 1.54) is 0 Å². The molecular formula is C12H14O4S. The molecule has 0 aromatic heterocycles. The summed E-state index contributed by atoms with van der Waals surface area (Å²) in [4.78, 5) is 10.8. The summed E-state index contributed by atoms with van der Waals surface area (Å²) in [6.45, 7) is 0. The molecule has 0 heterocycles. The highest BCUT2D eigenvalue weighted by Gasteiger charge is 2.37. The average molecular weight is 254 g/mol. The van der Waals surface area contributed by atoms with Crippen LogP contribution in [0.15, 0.2) is 29.2 Å². The lowest BCUT2D eigenvalue weighted by Crippen LogP contribution is -2.10. The van der Waals surface area contributed by atoms with E-state index < -0.39 is 15.8 Å². The van der Waals surface area contributed by atoms with E-state index in [2.05, 4.69) is 0 Å². The van der Waals surface area contributed by atoms with Crippen LogP contribution in [-0.2, 0) is 21.1 Å². The largest absolute Gasteiger partial charge is 0.481 e. The Labute approximate surface area is 100 Å². The molecule has 92 valence electrons. The first kappa shape index (κ1) is 12.1. The summed E-state index contributed by atoms with van der Waals surface area (Å²) in [6.07, 6.45) is 1.65. The van der Waals surface area contributed by atoms with Crippen LogP contribution in [0.2, 0.25) is 0 Å². The zero-order valence-electron chi connectivity index (χ0n) is 9.30. The van der Waals surface area contributed by atoms with E-state index in [1.807, 2.05) is 0 Å². The van der Waals surface area contributed by atoms with Crippen molar-refractivity contribution in [2.24, 2.45) is 0 Å². The monoisotopic (exact) mass is 254 g/mol. The highest BCUT2D eigenvalue weighted by molar-refractivity contribution is 7.92. The molecule has 0 saturated heterocycles. The maximum absolute atomic E-state index is 12.1. The zero-order chi connectivity index (χ0) is 12.5. The number of carboxylic acids is 1. The Bertz CT molecular complexity index is 529. The number of carbonyl (C=O) groups is 1. The summed E-state index contributed by atoms with van der Waals surface area (Å²) < 4.78 is 24.2. The summed E-state index contributed by atoms with van der Waals surface area (Å²) in [5.41, 5.74) is 0.613. The quantitative estimate of drug-likeness (QED) is 0.867. The van der Waals surface area contributed by atoms with Crippen molar-refractivity contribution in [1.29, 1.82) is 0 Å². The number of sulfone groups is 1. The van der Waals surface area contributed by atoms with Gasteiger partial charge in [0.25, 0.3) is 0 Å². The minimum Gasteiger partial charge on any atom is -0.481 e. The molecule has 5 heteroatoms. The maximum Gasteiger partial charge on any atom is 0.303 e. The van der Waals surface area contributed by atoms with Crippen molar-refractivity contribution < 1.29 is 18.3 Å². The molecule has 2 rings (SSSR count). The van der Waals surface area contributed by atoms with Crippen LogP contribution in [0.5, 0.6) is 0 Å². The molecule has 1 fully saturated rings. The van der Waals surface area contributed by atoms with E-state index in [9.17, 15) is 13.2 Å². The molecule has 0 atom stereocenters. The summed E-state index contributed by atoms with van der Waals surface area (Å²) >= 11 is 0. The van der Waals surface area contributed by atoms with Crippen LogP contribution in [0.3, 0.4) is 0 Å². The third-order valence-corrected chi connectivity index (χ3v) is 5.21. The topological polar surface area (TPSA) is 71.4 Å². The van der Waals surface area contributed by atoms with Gasteiger partial charge in [-0.25, -0.2) is 8.42 Å². The molecule has 1 N–H and O–H groups in total. The molecule has 0 aliphatic heterocycles. The minimum atomic E-state index is -3.24. The van der Waals surface area contributed by atoms with Crippen molar-refractivity contribution in [1.82, 2.24) is 0 Å². The molecule has 0 radical (unpaired) electrons. The van der Waals surface area contributed by atoms with Gasteiger partial charge in [-0.15, -0.1) is 0 Å². The van der Waals surface area contributed by atoms with E-state index in [0.717, 1.165) is 12.8 Å². The molecular weight excluding hydrogens is 240 g/mol. The normalized spacial score (nSPS) is 15.8. The van der Waals surface area contributed by atoms with Gasteiger partial charge in [-0.3, -0.25) is 4.79 Å². The molecule has 0 unspecified atom stereocenters. The van der Waals surface area contributed by atoms with Gasteiger partial charge in [-0.2, -0.15) is 0 Å². The molecule has 1 aliphatic rings. The van der Waals surface area contributed by atoms with Gasteiger partial charge in [0, 0.05) is 6.42 Å². The number of hydrogen-bond donors (Lipinski definition) is 1. The molecule has 1 saturated carbocycles. The Kier molecular flexibility index (Phi) is 3.19. The van der Waals surface area contributed by atoms with Crippen LogP contribution < -0.4 is 0 Å². The van der Waals surface area contributed by atoms with Crippen LogP contribution in [0.1, 0.15) is 24.8 Å². The predicted octanol–water partition coefficient (Wildman–Crippen LogP) is 1.64. The molecule has 17 heavy (non-hydrogen) atoms. The second-order valence-electron chi connectivity index (χ2n) is 4.25. The molecule has 1 aliphatic carbocycles. The van der Waals surface area contributed by atoms with Crippen LogP contribution in [0.25, 0.3) is 0 Å². The van der Waals surface area contributed by atoms with Gasteiger partial charge in [0.15, 0.2) is 9.84 Å². The molecule has 0 bridgehead atoms. The number of rotatable bonds is 5. The van der Waals surface area contributed by atoms with Gasteiger partial charge in [0.2, 0.25) is 0 Å². The second kappa shape index (κ2) is 4.49. The number of carboxylic acid groups (broad SMARTS) is 1. The Morgan fingerprint density at radius 3 is 2.53 bits per heavy atom. The lowest BCUT2D eigenvalue weighted by molar-refractivity contribution is -0.136. The zero-order valence-corrected chi connectivity index (χ0v) is 10.1. The lowest BCUT2D eigenvalue weighted by Gasteiger charge is -2.08. The number of aryl methyl sites for hydroxylation is 1. The Morgan fingerprint density at radius 2 is 1.94 bits per heavy atom. The van der Waals surface area contributed by atoms with Gasteiger partial charge in [-0.05, 0) is 30.9 Å². The van der Waals surface area contributed by atoms with Crippen LogP contribution in [-0.4, -0.2) is 24.7 Å². The van der Waals surface area contributed by atoms with E-state index in [4.69, 9.17) is 5.11 Å². The lowest BCUT2D eigenvalue weighted by atomic mass is 10.1. The first-order valence-corrected chi connectivity index (χ1v) is 7.10. The summed E-state index contributed by atoms with van der Waals surface area (Å²) in [5, 5.41) is 8.38. The van der Waals surface area contributed by atoms with Gasteiger partial charge in [0.1, 0.15) is 0 Å². The maximum atomic E-state index is 12.1. The van der Waals surface area contributed by atoms with Gasteiger partial charge >= 0.3 is 5.97 Å². The van der Waals surface area contributed by atoms with Crippen molar-refractivity contribution in [2.45, 2.75) is 35.8 Å². The van der Waals surface area contributed by atoms with E-state index in [0.29, 0.717) is 10.5 Å². The summed E-state index contributed by atoms with van der Waals surface area (Å²) in [7, 11) is -3.24. The SMILES string of the molecule is O=C(O)CCc1ccccc1S(=O)(=O)C1CC1. The van der Waals surface area contributed by atoms with Crippen LogP contribution >= 0.6 is 0 Å². The van der Waals surface area contributed by atoms with Gasteiger partial charge in [-0.1, -0.05) is 18.2 Å². The molecule has 1 aromatic carbocycles. The molecule has 0 spiro atoms. The van der Waals surface area contributed by atoms with Gasteiger partial charge < -0.3 is 5.11 Å². The van der Waals surface area contributed by atoms with Gasteiger partial charge in [0.05, 0.1) is 10.1 Å². The number of benzene rings is 1. The van der Waals surface area contributed by atoms with Crippen molar-refractivity contribution >= 4 is 15.8 Å². The fraction of sp³-hybridized carbons (Fsp3) is 0.417. The van der Waals surface area contributed by atoms with E-state index >= 15 is 0 Å². The standard InChI is InChI=1S/C12H14O4S/c13-12(14)8-5-9-3-1-2-4-11(9)17(15,16)10-6-7-10/h1-4,10H,5-8H2,(H,13,14). The Balaban J connectivity index is 2.30. The molecule has 4 nitrogen and oxygen atoms in total. The summed E-state index contributed by atoms with van der Waals surface area (Å²) in [6, 6.07) is 6.69. The van der Waals surface area contributed by atoms with E-state index in [-0.39, 0.29) is 18.1 Å². The predicted molar refractivity (Wildman–Crippen MR) is 62.6 cm³/mol. The fourth-order valence-corrected chi connectivity index (χ4v) is 3.71. The second-order valence-corrected chi connectivity index (χ2v) is 6.44. The van der Waals surface area contributed by atoms with E-state index in [1.54, 1.807) is 24.3 Å². The first-order chi connectivity index (χ1) is 8.01. The molecule has 1 aromatic rings. The Hall–Kier alpha value is -1.36. The third-order valence-electron chi connectivity index (χ3n) is 2.85. The third kappa shape index (κ3) is 2.66. The van der Waals surface area contributed by atoms with Crippen molar-refractivity contribution in [2.75, 3.05) is 0 Å². The summed E-state index contributed by atoms with van der Waals surface area (Å²) in [5.74, 6) is -0.913. The van der Waals surface area contributed by atoms with Crippen LogP contribution in [0.4, 0.5) is 0 Å². The average Bonchev–Trinajstić information content (AvgIpc) is 3.10. The Morgan fingerprint density at radius 1 is 1.29 bits per heavy atom. The first-order valence-electron chi connectivity index (χ1n) is 5.55. The van der Waals surface area contributed by atoms with Crippen molar-refractivity contribution in [3.05, 3.63) is 29.8 Å². The van der Waals surface area contributed by atoms with Crippen LogP contribution in [0, 0.1) is 0 Å². The van der Waals surface area contributed by atoms with Crippen molar-refractivity contribution in [3.63, 3.8) is 0 Å². The highest BCUT2D eigenvalue weighted by Crippen LogP contribution is 2.35.